The molecule has 2 saturated carbocycles. The predicted molar refractivity (Wildman–Crippen MR) is 80.9 cm³/mol. The van der Waals surface area contributed by atoms with Crippen LogP contribution in [0, 0.1) is 23.7 Å². The van der Waals surface area contributed by atoms with Crippen LogP contribution in [0.2, 0.25) is 0 Å². The van der Waals surface area contributed by atoms with Gasteiger partial charge in [0.2, 0.25) is 0 Å². The zero-order chi connectivity index (χ0) is 13.5. The summed E-state index contributed by atoms with van der Waals surface area (Å²) in [5.74, 6) is 3.36. The van der Waals surface area contributed by atoms with Gasteiger partial charge < -0.3 is 4.74 Å². The van der Waals surface area contributed by atoms with E-state index < -0.39 is 0 Å². The summed E-state index contributed by atoms with van der Waals surface area (Å²) >= 11 is 1.78. The van der Waals surface area contributed by atoms with Gasteiger partial charge in [0.25, 0.3) is 5.91 Å². The van der Waals surface area contributed by atoms with Crippen LogP contribution in [0.4, 0.5) is 0 Å². The molecule has 2 aliphatic heterocycles. The third-order valence-electron chi connectivity index (χ3n) is 5.76. The fourth-order valence-corrected chi connectivity index (χ4v) is 6.04. The minimum atomic E-state index is 0.104. The molecule has 0 radical (unpaired) electrons. The van der Waals surface area contributed by atoms with Crippen molar-refractivity contribution >= 4 is 22.7 Å². The van der Waals surface area contributed by atoms with Crippen LogP contribution in [0.15, 0.2) is 4.99 Å². The molecular formula is C16H23NO2S. The fraction of sp³-hybridized carbons (Fsp3) is 0.875. The number of carbonyl (C=O) groups is 1. The maximum absolute atomic E-state index is 12.2. The van der Waals surface area contributed by atoms with Crippen molar-refractivity contribution in [2.45, 2.75) is 50.2 Å². The second kappa shape index (κ2) is 5.45. The second-order valence-electron chi connectivity index (χ2n) is 6.97. The summed E-state index contributed by atoms with van der Waals surface area (Å²) in [6.45, 7) is 1.63. The highest BCUT2D eigenvalue weighted by Gasteiger charge is 2.42. The Morgan fingerprint density at radius 2 is 1.95 bits per heavy atom. The molecule has 4 atom stereocenters. The Hall–Kier alpha value is -0.350. The molecule has 3 nitrogen and oxygen atoms in total. The lowest BCUT2D eigenvalue weighted by Crippen LogP contribution is -2.28. The summed E-state index contributed by atoms with van der Waals surface area (Å²) in [6.07, 6.45) is 8.84. The fourth-order valence-electron chi connectivity index (χ4n) is 4.67. The Labute approximate surface area is 124 Å². The van der Waals surface area contributed by atoms with Crippen LogP contribution in [0.5, 0.6) is 0 Å². The minimum absolute atomic E-state index is 0.104. The third kappa shape index (κ3) is 2.45. The van der Waals surface area contributed by atoms with Crippen molar-refractivity contribution in [2.24, 2.45) is 28.7 Å². The van der Waals surface area contributed by atoms with Gasteiger partial charge in [-0.2, -0.15) is 0 Å². The van der Waals surface area contributed by atoms with Gasteiger partial charge in [0, 0.05) is 13.2 Å². The number of fused-ring (bicyclic) bond motifs is 2. The molecule has 0 aromatic rings. The Kier molecular flexibility index (Phi) is 3.63. The Morgan fingerprint density at radius 3 is 2.65 bits per heavy atom. The van der Waals surface area contributed by atoms with Gasteiger partial charge in [0.1, 0.15) is 0 Å². The van der Waals surface area contributed by atoms with Gasteiger partial charge in [-0.3, -0.25) is 4.79 Å². The van der Waals surface area contributed by atoms with E-state index in [0.29, 0.717) is 5.92 Å². The number of carbonyl (C=O) groups excluding carboxylic acids is 1. The standard InChI is InChI=1S/C16H23NO2S/c18-16-15(11-3-5-19-6-4-11)20-14(17-16)9-13-8-10-1-2-12(13)7-10/h10-13,15H,1-9H2/t10-,12+,13-,15?/m1/s1. The summed E-state index contributed by atoms with van der Waals surface area (Å²) < 4.78 is 5.40. The maximum Gasteiger partial charge on any atom is 0.260 e. The average molecular weight is 293 g/mol. The first-order valence-corrected chi connectivity index (χ1v) is 9.03. The topological polar surface area (TPSA) is 38.7 Å². The lowest BCUT2D eigenvalue weighted by Gasteiger charge is -2.25. The highest BCUT2D eigenvalue weighted by Crippen LogP contribution is 2.50. The van der Waals surface area contributed by atoms with Gasteiger partial charge >= 0.3 is 0 Å². The predicted octanol–water partition coefficient (Wildman–Crippen LogP) is 3.28. The van der Waals surface area contributed by atoms with E-state index in [-0.39, 0.29) is 11.2 Å². The van der Waals surface area contributed by atoms with Crippen molar-refractivity contribution in [2.75, 3.05) is 13.2 Å². The number of rotatable bonds is 3. The van der Waals surface area contributed by atoms with Crippen molar-refractivity contribution in [3.8, 4) is 0 Å². The van der Waals surface area contributed by atoms with Crippen molar-refractivity contribution in [1.29, 1.82) is 0 Å². The molecule has 2 heterocycles. The first-order chi connectivity index (χ1) is 9.79. The molecule has 20 heavy (non-hydrogen) atoms. The van der Waals surface area contributed by atoms with Gasteiger partial charge in [-0.25, -0.2) is 4.99 Å². The van der Waals surface area contributed by atoms with E-state index in [1.807, 2.05) is 0 Å². The van der Waals surface area contributed by atoms with E-state index >= 15 is 0 Å². The molecule has 4 aliphatic rings. The van der Waals surface area contributed by atoms with Gasteiger partial charge in [0.05, 0.1) is 10.3 Å². The number of aliphatic imine (C=N–C) groups is 1. The molecule has 4 rings (SSSR count). The highest BCUT2D eigenvalue weighted by molar-refractivity contribution is 8.15. The zero-order valence-electron chi connectivity index (χ0n) is 11.9. The van der Waals surface area contributed by atoms with E-state index in [2.05, 4.69) is 4.99 Å². The van der Waals surface area contributed by atoms with Gasteiger partial charge in [-0.05, 0) is 62.2 Å². The molecule has 2 aliphatic carbocycles. The zero-order valence-corrected chi connectivity index (χ0v) is 12.7. The van der Waals surface area contributed by atoms with Crippen LogP contribution < -0.4 is 0 Å². The van der Waals surface area contributed by atoms with Crippen LogP contribution >= 0.6 is 11.8 Å². The van der Waals surface area contributed by atoms with E-state index in [4.69, 9.17) is 4.74 Å². The smallest absolute Gasteiger partial charge is 0.260 e. The lowest BCUT2D eigenvalue weighted by molar-refractivity contribution is -0.118. The quantitative estimate of drug-likeness (QED) is 0.801. The van der Waals surface area contributed by atoms with Gasteiger partial charge in [-0.1, -0.05) is 18.2 Å². The SMILES string of the molecule is O=C1N=C(C[C@H]2C[C@@H]3CC[C@H]2C3)SC1C1CCOCC1. The van der Waals surface area contributed by atoms with Gasteiger partial charge in [-0.15, -0.1) is 0 Å². The van der Waals surface area contributed by atoms with Crippen LogP contribution in [0.3, 0.4) is 0 Å². The molecule has 0 spiro atoms. The number of thioether (sulfide) groups is 1. The molecular weight excluding hydrogens is 270 g/mol. The molecule has 0 N–H and O–H groups in total. The maximum atomic E-state index is 12.2. The van der Waals surface area contributed by atoms with Crippen molar-refractivity contribution in [3.63, 3.8) is 0 Å². The molecule has 4 heteroatoms. The van der Waals surface area contributed by atoms with Crippen molar-refractivity contribution < 1.29 is 9.53 Å². The number of nitrogens with zero attached hydrogens (tertiary/aromatic N) is 1. The normalized spacial score (nSPS) is 41.4. The van der Waals surface area contributed by atoms with E-state index in [1.165, 1.54) is 25.7 Å². The average Bonchev–Trinajstić information content (AvgIpc) is 3.16. The Balaban J connectivity index is 1.36. The van der Waals surface area contributed by atoms with E-state index in [9.17, 15) is 4.79 Å². The highest BCUT2D eigenvalue weighted by atomic mass is 32.2. The van der Waals surface area contributed by atoms with Gasteiger partial charge in [0.15, 0.2) is 0 Å². The third-order valence-corrected chi connectivity index (χ3v) is 7.13. The molecule has 3 fully saturated rings. The van der Waals surface area contributed by atoms with Crippen LogP contribution in [0.1, 0.15) is 44.9 Å². The molecule has 2 bridgehead atoms. The van der Waals surface area contributed by atoms with Crippen LogP contribution in [0.25, 0.3) is 0 Å². The van der Waals surface area contributed by atoms with E-state index in [0.717, 1.165) is 55.3 Å². The number of ether oxygens (including phenoxy) is 1. The van der Waals surface area contributed by atoms with E-state index in [1.54, 1.807) is 11.8 Å². The number of hydrogen-bond acceptors (Lipinski definition) is 3. The second-order valence-corrected chi connectivity index (χ2v) is 8.19. The number of amides is 1. The summed E-state index contributed by atoms with van der Waals surface area (Å²) in [4.78, 5) is 16.6. The van der Waals surface area contributed by atoms with Crippen molar-refractivity contribution in [3.05, 3.63) is 0 Å². The van der Waals surface area contributed by atoms with Crippen molar-refractivity contribution in [1.82, 2.24) is 0 Å². The molecule has 110 valence electrons. The first-order valence-electron chi connectivity index (χ1n) is 8.15. The summed E-state index contributed by atoms with van der Waals surface area (Å²) in [6, 6.07) is 0. The summed E-state index contributed by atoms with van der Waals surface area (Å²) in [5, 5.41) is 1.25. The molecule has 1 unspecified atom stereocenters. The Morgan fingerprint density at radius 1 is 1.10 bits per heavy atom. The largest absolute Gasteiger partial charge is 0.381 e. The lowest BCUT2D eigenvalue weighted by atomic mass is 9.87. The monoisotopic (exact) mass is 293 g/mol. The minimum Gasteiger partial charge on any atom is -0.381 e. The van der Waals surface area contributed by atoms with Crippen LogP contribution in [-0.2, 0) is 9.53 Å². The first kappa shape index (κ1) is 13.3. The van der Waals surface area contributed by atoms with Crippen LogP contribution in [-0.4, -0.2) is 29.4 Å². The molecule has 1 amide bonds. The molecule has 0 aromatic heterocycles. The number of hydrogen-bond donors (Lipinski definition) is 0. The summed E-state index contributed by atoms with van der Waals surface area (Å²) in [7, 11) is 0. The summed E-state index contributed by atoms with van der Waals surface area (Å²) in [5.41, 5.74) is 0. The molecule has 0 aromatic carbocycles. The molecule has 1 saturated heterocycles. The Bertz CT molecular complexity index is 430.